The van der Waals surface area contributed by atoms with Crippen LogP contribution in [0.2, 0.25) is 0 Å². The summed E-state index contributed by atoms with van der Waals surface area (Å²) in [6.45, 7) is 6.21. The highest BCUT2D eigenvalue weighted by molar-refractivity contribution is 5.79. The first-order valence-corrected chi connectivity index (χ1v) is 7.76. The van der Waals surface area contributed by atoms with Gasteiger partial charge in [0.25, 0.3) is 0 Å². The second kappa shape index (κ2) is 7.68. The summed E-state index contributed by atoms with van der Waals surface area (Å²) in [5.74, 6) is 0.249. The van der Waals surface area contributed by atoms with Gasteiger partial charge < -0.3 is 14.8 Å². The highest BCUT2D eigenvalue weighted by atomic mass is 16.6. The van der Waals surface area contributed by atoms with Gasteiger partial charge in [-0.05, 0) is 38.5 Å². The van der Waals surface area contributed by atoms with Crippen molar-refractivity contribution in [1.82, 2.24) is 0 Å². The summed E-state index contributed by atoms with van der Waals surface area (Å²) in [6, 6.07) is 17.7. The topological polar surface area (TPSA) is 47.6 Å². The number of rotatable bonds is 7. The Labute approximate surface area is 137 Å². The summed E-state index contributed by atoms with van der Waals surface area (Å²) >= 11 is 0. The van der Waals surface area contributed by atoms with Gasteiger partial charge in [-0.2, -0.15) is 0 Å². The van der Waals surface area contributed by atoms with Gasteiger partial charge in [0.15, 0.2) is 5.60 Å². The molecule has 2 aromatic rings. The average Bonchev–Trinajstić information content (AvgIpc) is 2.55. The van der Waals surface area contributed by atoms with E-state index in [2.05, 4.69) is 17.4 Å². The Morgan fingerprint density at radius 2 is 1.70 bits per heavy atom. The zero-order valence-corrected chi connectivity index (χ0v) is 13.8. The Balaban J connectivity index is 2.09. The highest BCUT2D eigenvalue weighted by Crippen LogP contribution is 2.28. The Kier molecular flexibility index (Phi) is 5.63. The van der Waals surface area contributed by atoms with E-state index < -0.39 is 5.60 Å². The summed E-state index contributed by atoms with van der Waals surface area (Å²) in [7, 11) is 0. The number of para-hydroxylation sites is 2. The smallest absolute Gasteiger partial charge is 0.349 e. The van der Waals surface area contributed by atoms with E-state index in [-0.39, 0.29) is 5.97 Å². The van der Waals surface area contributed by atoms with Gasteiger partial charge in [0.1, 0.15) is 5.75 Å². The number of carbonyl (C=O) groups excluding carboxylic acids is 1. The third-order valence-corrected chi connectivity index (χ3v) is 3.34. The Morgan fingerprint density at radius 3 is 2.39 bits per heavy atom. The summed E-state index contributed by atoms with van der Waals surface area (Å²) in [5.41, 5.74) is 0.973. The molecule has 0 saturated carbocycles. The quantitative estimate of drug-likeness (QED) is 0.784. The number of hydrogen-bond acceptors (Lipinski definition) is 4. The van der Waals surface area contributed by atoms with Gasteiger partial charge in [-0.25, -0.2) is 4.79 Å². The van der Waals surface area contributed by atoms with Crippen LogP contribution in [-0.2, 0) is 16.1 Å². The van der Waals surface area contributed by atoms with Crippen LogP contribution in [0.4, 0.5) is 5.69 Å². The summed E-state index contributed by atoms with van der Waals surface area (Å²) < 4.78 is 11.0. The van der Waals surface area contributed by atoms with Crippen molar-refractivity contribution in [2.75, 3.05) is 11.9 Å². The first-order chi connectivity index (χ1) is 11.0. The molecule has 122 valence electrons. The largest absolute Gasteiger partial charge is 0.474 e. The number of anilines is 1. The van der Waals surface area contributed by atoms with E-state index in [4.69, 9.17) is 9.47 Å². The number of esters is 1. The standard InChI is InChI=1S/C19H23NO3/c1-4-22-18(21)19(2,3)23-17-13-9-8-12-16(17)20-14-15-10-6-5-7-11-15/h5-13,20H,4,14H2,1-3H3. The maximum Gasteiger partial charge on any atom is 0.349 e. The first-order valence-electron chi connectivity index (χ1n) is 7.76. The maximum absolute atomic E-state index is 12.0. The molecule has 0 saturated heterocycles. The zero-order valence-electron chi connectivity index (χ0n) is 13.8. The normalized spacial score (nSPS) is 10.9. The molecule has 0 aromatic heterocycles. The van der Waals surface area contributed by atoms with E-state index in [0.717, 1.165) is 5.69 Å². The minimum atomic E-state index is -1.04. The highest BCUT2D eigenvalue weighted by Gasteiger charge is 2.32. The summed E-state index contributed by atoms with van der Waals surface area (Å²) in [6.07, 6.45) is 0. The van der Waals surface area contributed by atoms with Crippen LogP contribution in [0.5, 0.6) is 5.75 Å². The van der Waals surface area contributed by atoms with Gasteiger partial charge in [0.05, 0.1) is 12.3 Å². The number of carbonyl (C=O) groups is 1. The fourth-order valence-electron chi connectivity index (χ4n) is 2.12. The molecule has 0 amide bonds. The van der Waals surface area contributed by atoms with E-state index in [1.165, 1.54) is 5.56 Å². The predicted octanol–water partition coefficient (Wildman–Crippen LogP) is 4.02. The van der Waals surface area contributed by atoms with Crippen LogP contribution in [0, 0.1) is 0 Å². The number of ether oxygens (including phenoxy) is 2. The lowest BCUT2D eigenvalue weighted by molar-refractivity contribution is -0.158. The molecule has 0 spiro atoms. The van der Waals surface area contributed by atoms with E-state index in [9.17, 15) is 4.79 Å². The van der Waals surface area contributed by atoms with Crippen LogP contribution < -0.4 is 10.1 Å². The van der Waals surface area contributed by atoms with Crippen molar-refractivity contribution < 1.29 is 14.3 Å². The Bertz CT molecular complexity index is 638. The van der Waals surface area contributed by atoms with Gasteiger partial charge in [0.2, 0.25) is 0 Å². The van der Waals surface area contributed by atoms with Crippen molar-refractivity contribution in [2.45, 2.75) is 32.9 Å². The maximum atomic E-state index is 12.0. The molecule has 2 aromatic carbocycles. The molecule has 0 fully saturated rings. The number of hydrogen-bond donors (Lipinski definition) is 1. The molecular formula is C19H23NO3. The van der Waals surface area contributed by atoms with Gasteiger partial charge in [-0.15, -0.1) is 0 Å². The monoisotopic (exact) mass is 313 g/mol. The van der Waals surface area contributed by atoms with E-state index in [1.807, 2.05) is 42.5 Å². The van der Waals surface area contributed by atoms with Crippen molar-refractivity contribution >= 4 is 11.7 Å². The van der Waals surface area contributed by atoms with E-state index in [1.54, 1.807) is 20.8 Å². The molecule has 0 atom stereocenters. The summed E-state index contributed by atoms with van der Waals surface area (Å²) in [5, 5.41) is 3.35. The molecule has 0 radical (unpaired) electrons. The number of benzene rings is 2. The Morgan fingerprint density at radius 1 is 1.04 bits per heavy atom. The fourth-order valence-corrected chi connectivity index (χ4v) is 2.12. The van der Waals surface area contributed by atoms with Gasteiger partial charge in [-0.3, -0.25) is 0 Å². The van der Waals surface area contributed by atoms with Crippen LogP contribution >= 0.6 is 0 Å². The third-order valence-electron chi connectivity index (χ3n) is 3.34. The molecule has 23 heavy (non-hydrogen) atoms. The molecule has 0 aliphatic rings. The minimum absolute atomic E-state index is 0.333. The molecule has 0 aliphatic heterocycles. The molecule has 0 bridgehead atoms. The van der Waals surface area contributed by atoms with Crippen molar-refractivity contribution in [3.8, 4) is 5.75 Å². The third kappa shape index (κ3) is 4.74. The van der Waals surface area contributed by atoms with Crippen LogP contribution in [-0.4, -0.2) is 18.2 Å². The van der Waals surface area contributed by atoms with E-state index in [0.29, 0.717) is 18.9 Å². The van der Waals surface area contributed by atoms with Gasteiger partial charge in [-0.1, -0.05) is 42.5 Å². The first kappa shape index (κ1) is 16.9. The average molecular weight is 313 g/mol. The Hall–Kier alpha value is -2.49. The van der Waals surface area contributed by atoms with Gasteiger partial charge in [0, 0.05) is 6.54 Å². The van der Waals surface area contributed by atoms with Gasteiger partial charge >= 0.3 is 5.97 Å². The lowest BCUT2D eigenvalue weighted by atomic mass is 10.1. The van der Waals surface area contributed by atoms with Crippen molar-refractivity contribution in [3.63, 3.8) is 0 Å². The molecule has 4 nitrogen and oxygen atoms in total. The van der Waals surface area contributed by atoms with Crippen LogP contribution in [0.15, 0.2) is 54.6 Å². The van der Waals surface area contributed by atoms with E-state index >= 15 is 0 Å². The molecule has 0 unspecified atom stereocenters. The molecular weight excluding hydrogens is 290 g/mol. The van der Waals surface area contributed by atoms with Crippen molar-refractivity contribution in [1.29, 1.82) is 0 Å². The van der Waals surface area contributed by atoms with Crippen molar-refractivity contribution in [3.05, 3.63) is 60.2 Å². The second-order valence-corrected chi connectivity index (χ2v) is 5.67. The number of nitrogens with one attached hydrogen (secondary N) is 1. The molecule has 2 rings (SSSR count). The lowest BCUT2D eigenvalue weighted by Gasteiger charge is -2.25. The molecule has 0 aliphatic carbocycles. The molecule has 1 N–H and O–H groups in total. The van der Waals surface area contributed by atoms with Crippen LogP contribution in [0.25, 0.3) is 0 Å². The predicted molar refractivity (Wildman–Crippen MR) is 91.6 cm³/mol. The molecule has 4 heteroatoms. The SMILES string of the molecule is CCOC(=O)C(C)(C)Oc1ccccc1NCc1ccccc1. The zero-order chi connectivity index (χ0) is 16.7. The second-order valence-electron chi connectivity index (χ2n) is 5.67. The van der Waals surface area contributed by atoms with Crippen LogP contribution in [0.3, 0.4) is 0 Å². The lowest BCUT2D eigenvalue weighted by Crippen LogP contribution is -2.39. The van der Waals surface area contributed by atoms with Crippen molar-refractivity contribution in [2.24, 2.45) is 0 Å². The summed E-state index contributed by atoms with van der Waals surface area (Å²) in [4.78, 5) is 12.0. The fraction of sp³-hybridized carbons (Fsp3) is 0.316. The molecule has 0 heterocycles. The minimum Gasteiger partial charge on any atom is -0.474 e. The van der Waals surface area contributed by atoms with Crippen LogP contribution in [0.1, 0.15) is 26.3 Å².